The van der Waals surface area contributed by atoms with E-state index in [0.29, 0.717) is 6.42 Å². The highest BCUT2D eigenvalue weighted by molar-refractivity contribution is 9.10. The van der Waals surface area contributed by atoms with Crippen LogP contribution in [-0.4, -0.2) is 5.91 Å². The van der Waals surface area contributed by atoms with Crippen molar-refractivity contribution >= 4 is 21.8 Å². The number of hydrogen-bond donors (Lipinski definition) is 1. The Balaban J connectivity index is 2.10. The number of aryl methyl sites for hydroxylation is 1. The smallest absolute Gasteiger partial charge is 0.220 e. The van der Waals surface area contributed by atoms with Crippen molar-refractivity contribution in [3.63, 3.8) is 0 Å². The zero-order valence-electron chi connectivity index (χ0n) is 8.35. The lowest BCUT2D eigenvalue weighted by Gasteiger charge is -2.24. The van der Waals surface area contributed by atoms with E-state index in [-0.39, 0.29) is 11.4 Å². The summed E-state index contributed by atoms with van der Waals surface area (Å²) < 4.78 is 1.10. The molecule has 3 heteroatoms. The minimum Gasteiger partial charge on any atom is -0.347 e. The molecule has 0 saturated carbocycles. The first kappa shape index (κ1) is 9.40. The molecule has 0 bridgehead atoms. The first-order chi connectivity index (χ1) is 7.20. The summed E-state index contributed by atoms with van der Waals surface area (Å²) in [5.41, 5.74) is 2.67. The largest absolute Gasteiger partial charge is 0.347 e. The van der Waals surface area contributed by atoms with E-state index in [1.54, 1.807) is 0 Å². The Kier molecular flexibility index (Phi) is 1.93. The third-order valence-electron chi connectivity index (χ3n) is 3.57. The number of nitrogens with one attached hydrogen (secondary N) is 1. The SMILES string of the molecule is O=C1CCC2(CCc3ccc(Br)cc32)N1. The third-order valence-corrected chi connectivity index (χ3v) is 4.06. The van der Waals surface area contributed by atoms with Gasteiger partial charge in [0.25, 0.3) is 0 Å². The molecular formula is C12H12BrNO. The Bertz CT molecular complexity index is 443. The van der Waals surface area contributed by atoms with Gasteiger partial charge in [-0.25, -0.2) is 0 Å². The zero-order chi connectivity index (χ0) is 10.5. The minimum absolute atomic E-state index is 0.0454. The molecule has 1 aliphatic carbocycles. The molecule has 1 spiro atoms. The minimum atomic E-state index is -0.0454. The van der Waals surface area contributed by atoms with E-state index in [4.69, 9.17) is 0 Å². The maximum absolute atomic E-state index is 11.4. The van der Waals surface area contributed by atoms with Crippen LogP contribution in [0.3, 0.4) is 0 Å². The predicted octanol–water partition coefficient (Wildman–Crippen LogP) is 2.50. The van der Waals surface area contributed by atoms with Crippen molar-refractivity contribution in [1.29, 1.82) is 0 Å². The summed E-state index contributed by atoms with van der Waals surface area (Å²) in [6, 6.07) is 6.40. The fourth-order valence-electron chi connectivity index (χ4n) is 2.80. The maximum Gasteiger partial charge on any atom is 0.220 e. The first-order valence-corrected chi connectivity index (χ1v) is 6.09. The van der Waals surface area contributed by atoms with Crippen LogP contribution in [-0.2, 0) is 16.8 Å². The summed E-state index contributed by atoms with van der Waals surface area (Å²) in [5.74, 6) is 0.197. The fourth-order valence-corrected chi connectivity index (χ4v) is 3.16. The van der Waals surface area contributed by atoms with E-state index in [1.807, 2.05) is 0 Å². The van der Waals surface area contributed by atoms with Gasteiger partial charge in [0.15, 0.2) is 0 Å². The molecule has 1 aliphatic heterocycles. The average molecular weight is 266 g/mol. The summed E-state index contributed by atoms with van der Waals surface area (Å²) >= 11 is 3.50. The van der Waals surface area contributed by atoms with Gasteiger partial charge < -0.3 is 5.32 Å². The van der Waals surface area contributed by atoms with Crippen LogP contribution in [0, 0.1) is 0 Å². The maximum atomic E-state index is 11.4. The van der Waals surface area contributed by atoms with Gasteiger partial charge in [-0.1, -0.05) is 22.0 Å². The Labute approximate surface area is 97.2 Å². The van der Waals surface area contributed by atoms with E-state index < -0.39 is 0 Å². The van der Waals surface area contributed by atoms with Crippen molar-refractivity contribution in [3.8, 4) is 0 Å². The van der Waals surface area contributed by atoms with Gasteiger partial charge in [-0.15, -0.1) is 0 Å². The summed E-state index contributed by atoms with van der Waals surface area (Å²) in [4.78, 5) is 11.4. The fraction of sp³-hybridized carbons (Fsp3) is 0.417. The second-order valence-electron chi connectivity index (χ2n) is 4.43. The van der Waals surface area contributed by atoms with Gasteiger partial charge in [-0.05, 0) is 42.5 Å². The van der Waals surface area contributed by atoms with Crippen LogP contribution in [0.15, 0.2) is 22.7 Å². The molecule has 1 fully saturated rings. The first-order valence-electron chi connectivity index (χ1n) is 5.30. The van der Waals surface area contributed by atoms with Gasteiger partial charge in [0.2, 0.25) is 5.91 Å². The lowest BCUT2D eigenvalue weighted by Crippen LogP contribution is -2.36. The number of amides is 1. The molecule has 1 heterocycles. The molecule has 1 aromatic carbocycles. The van der Waals surface area contributed by atoms with Gasteiger partial charge in [0.1, 0.15) is 0 Å². The standard InChI is InChI=1S/C12H12BrNO/c13-9-2-1-8-3-5-12(10(8)7-9)6-4-11(15)14-12/h1-2,7H,3-6H2,(H,14,15). The van der Waals surface area contributed by atoms with Crippen molar-refractivity contribution in [1.82, 2.24) is 5.32 Å². The quantitative estimate of drug-likeness (QED) is 0.768. The highest BCUT2D eigenvalue weighted by Gasteiger charge is 2.43. The Morgan fingerprint density at radius 1 is 1.27 bits per heavy atom. The van der Waals surface area contributed by atoms with E-state index in [9.17, 15) is 4.79 Å². The van der Waals surface area contributed by atoms with Gasteiger partial charge in [0.05, 0.1) is 5.54 Å². The van der Waals surface area contributed by atoms with Crippen molar-refractivity contribution in [2.24, 2.45) is 0 Å². The highest BCUT2D eigenvalue weighted by Crippen LogP contribution is 2.43. The number of fused-ring (bicyclic) bond motifs is 2. The summed E-state index contributed by atoms with van der Waals surface area (Å²) in [7, 11) is 0. The second-order valence-corrected chi connectivity index (χ2v) is 5.35. The second kappa shape index (κ2) is 3.08. The predicted molar refractivity (Wildman–Crippen MR) is 61.5 cm³/mol. The molecule has 1 amide bonds. The van der Waals surface area contributed by atoms with Crippen molar-refractivity contribution in [2.45, 2.75) is 31.2 Å². The van der Waals surface area contributed by atoms with Gasteiger partial charge >= 0.3 is 0 Å². The van der Waals surface area contributed by atoms with Crippen LogP contribution in [0.1, 0.15) is 30.4 Å². The normalized spacial score (nSPS) is 28.2. The summed E-state index contributed by atoms with van der Waals surface area (Å²) in [6.45, 7) is 0. The summed E-state index contributed by atoms with van der Waals surface area (Å²) in [5, 5.41) is 3.15. The monoisotopic (exact) mass is 265 g/mol. The molecule has 1 unspecified atom stereocenters. The van der Waals surface area contributed by atoms with Crippen LogP contribution in [0.2, 0.25) is 0 Å². The lowest BCUT2D eigenvalue weighted by molar-refractivity contribution is -0.119. The molecule has 15 heavy (non-hydrogen) atoms. The van der Waals surface area contributed by atoms with E-state index in [2.05, 4.69) is 39.4 Å². The molecule has 1 saturated heterocycles. The molecule has 0 aromatic heterocycles. The van der Waals surface area contributed by atoms with Crippen LogP contribution < -0.4 is 5.32 Å². The number of carbonyl (C=O) groups excluding carboxylic acids is 1. The van der Waals surface area contributed by atoms with Crippen molar-refractivity contribution in [3.05, 3.63) is 33.8 Å². The zero-order valence-corrected chi connectivity index (χ0v) is 9.93. The van der Waals surface area contributed by atoms with Crippen LogP contribution in [0.5, 0.6) is 0 Å². The van der Waals surface area contributed by atoms with E-state index in [1.165, 1.54) is 11.1 Å². The number of benzene rings is 1. The molecule has 2 nitrogen and oxygen atoms in total. The van der Waals surface area contributed by atoms with Gasteiger partial charge in [0, 0.05) is 10.9 Å². The molecule has 1 atom stereocenters. The molecule has 3 rings (SSSR count). The lowest BCUT2D eigenvalue weighted by atomic mass is 9.90. The van der Waals surface area contributed by atoms with Crippen LogP contribution >= 0.6 is 15.9 Å². The van der Waals surface area contributed by atoms with E-state index >= 15 is 0 Å². The molecule has 1 aromatic rings. The number of hydrogen-bond acceptors (Lipinski definition) is 1. The number of carbonyl (C=O) groups is 1. The third kappa shape index (κ3) is 1.33. The van der Waals surface area contributed by atoms with E-state index in [0.717, 1.165) is 23.7 Å². The molecule has 78 valence electrons. The average Bonchev–Trinajstić information content (AvgIpc) is 2.74. The number of halogens is 1. The molecule has 1 N–H and O–H groups in total. The Morgan fingerprint density at radius 2 is 2.07 bits per heavy atom. The molecule has 2 aliphatic rings. The van der Waals surface area contributed by atoms with Gasteiger partial charge in [-0.3, -0.25) is 4.79 Å². The molecule has 0 radical (unpaired) electrons. The van der Waals surface area contributed by atoms with Crippen molar-refractivity contribution < 1.29 is 4.79 Å². The topological polar surface area (TPSA) is 29.1 Å². The Hall–Kier alpha value is -0.830. The van der Waals surface area contributed by atoms with Crippen LogP contribution in [0.25, 0.3) is 0 Å². The summed E-state index contributed by atoms with van der Waals surface area (Å²) in [6.07, 6.45) is 3.77. The highest BCUT2D eigenvalue weighted by atomic mass is 79.9. The number of rotatable bonds is 0. The van der Waals surface area contributed by atoms with Crippen molar-refractivity contribution in [2.75, 3.05) is 0 Å². The molecular weight excluding hydrogens is 254 g/mol. The van der Waals surface area contributed by atoms with Crippen LogP contribution in [0.4, 0.5) is 0 Å². The van der Waals surface area contributed by atoms with Gasteiger partial charge in [-0.2, -0.15) is 0 Å². The Morgan fingerprint density at radius 3 is 2.80 bits per heavy atom.